The summed E-state index contributed by atoms with van der Waals surface area (Å²) in [6.07, 6.45) is 2.30. The Balaban J connectivity index is 1.90. The molecule has 2 aromatic rings. The van der Waals surface area contributed by atoms with Crippen molar-refractivity contribution in [1.82, 2.24) is 5.32 Å². The Morgan fingerprint density at radius 3 is 2.22 bits per heavy atom. The standard InChI is InChI=1S/C18H21NO3S/c1-14(16-9-11-17(12-10-16)23(2,21)22)19-18(20)13-8-15-6-4-3-5-7-15/h3-7,9-12,14H,8,13H2,1-2H3,(H,19,20). The van der Waals surface area contributed by atoms with Crippen LogP contribution in [0.1, 0.15) is 30.5 Å². The fourth-order valence-electron chi connectivity index (χ4n) is 2.30. The van der Waals surface area contributed by atoms with Gasteiger partial charge in [0.05, 0.1) is 10.9 Å². The van der Waals surface area contributed by atoms with Crippen LogP contribution in [-0.2, 0) is 21.1 Å². The number of hydrogen-bond acceptors (Lipinski definition) is 3. The zero-order valence-electron chi connectivity index (χ0n) is 13.3. The molecule has 0 heterocycles. The highest BCUT2D eigenvalue weighted by atomic mass is 32.2. The molecular weight excluding hydrogens is 310 g/mol. The fourth-order valence-corrected chi connectivity index (χ4v) is 2.93. The van der Waals surface area contributed by atoms with Gasteiger partial charge in [-0.05, 0) is 36.6 Å². The summed E-state index contributed by atoms with van der Waals surface area (Å²) >= 11 is 0. The van der Waals surface area contributed by atoms with E-state index >= 15 is 0 Å². The zero-order chi connectivity index (χ0) is 16.9. The SMILES string of the molecule is CC(NC(=O)CCc1ccccc1)c1ccc(S(C)(=O)=O)cc1. The molecule has 5 heteroatoms. The van der Waals surface area contributed by atoms with Crippen molar-refractivity contribution in [2.24, 2.45) is 0 Å². The third-order valence-corrected chi connectivity index (χ3v) is 4.80. The molecule has 1 atom stereocenters. The lowest BCUT2D eigenvalue weighted by molar-refractivity contribution is -0.121. The van der Waals surface area contributed by atoms with Crippen LogP contribution in [0.5, 0.6) is 0 Å². The van der Waals surface area contributed by atoms with E-state index in [0.29, 0.717) is 12.8 Å². The van der Waals surface area contributed by atoms with Gasteiger partial charge in [-0.15, -0.1) is 0 Å². The molecule has 0 aliphatic rings. The lowest BCUT2D eigenvalue weighted by Gasteiger charge is -2.15. The first-order chi connectivity index (χ1) is 10.9. The van der Waals surface area contributed by atoms with Crippen molar-refractivity contribution in [2.45, 2.75) is 30.7 Å². The summed E-state index contributed by atoms with van der Waals surface area (Å²) < 4.78 is 22.9. The van der Waals surface area contributed by atoms with Gasteiger partial charge >= 0.3 is 0 Å². The van der Waals surface area contributed by atoms with Crippen LogP contribution in [-0.4, -0.2) is 20.6 Å². The molecule has 1 unspecified atom stereocenters. The predicted octanol–water partition coefficient (Wildman–Crippen LogP) is 2.90. The number of carbonyl (C=O) groups is 1. The van der Waals surface area contributed by atoms with Crippen molar-refractivity contribution in [3.63, 3.8) is 0 Å². The lowest BCUT2D eigenvalue weighted by atomic mass is 10.1. The Bertz CT molecular complexity index is 753. The third kappa shape index (κ3) is 5.21. The molecule has 122 valence electrons. The van der Waals surface area contributed by atoms with Gasteiger partial charge in [-0.2, -0.15) is 0 Å². The zero-order valence-corrected chi connectivity index (χ0v) is 14.1. The Morgan fingerprint density at radius 2 is 1.65 bits per heavy atom. The van der Waals surface area contributed by atoms with Crippen molar-refractivity contribution >= 4 is 15.7 Å². The average molecular weight is 331 g/mol. The Morgan fingerprint density at radius 1 is 1.04 bits per heavy atom. The van der Waals surface area contributed by atoms with Gasteiger partial charge in [0.25, 0.3) is 0 Å². The van der Waals surface area contributed by atoms with Crippen LogP contribution < -0.4 is 5.32 Å². The molecule has 0 saturated heterocycles. The summed E-state index contributed by atoms with van der Waals surface area (Å²) in [6, 6.07) is 16.3. The molecule has 1 N–H and O–H groups in total. The van der Waals surface area contributed by atoms with Gasteiger partial charge in [-0.3, -0.25) is 4.79 Å². The fraction of sp³-hybridized carbons (Fsp3) is 0.278. The minimum Gasteiger partial charge on any atom is -0.350 e. The molecule has 4 nitrogen and oxygen atoms in total. The summed E-state index contributed by atoms with van der Waals surface area (Å²) in [4.78, 5) is 12.3. The van der Waals surface area contributed by atoms with Gasteiger partial charge < -0.3 is 5.32 Å². The van der Waals surface area contributed by atoms with E-state index in [2.05, 4.69) is 5.32 Å². The molecule has 0 bridgehead atoms. The number of sulfone groups is 1. The molecule has 0 aliphatic carbocycles. The highest BCUT2D eigenvalue weighted by Crippen LogP contribution is 2.16. The third-order valence-electron chi connectivity index (χ3n) is 3.67. The molecular formula is C18H21NO3S. The van der Waals surface area contributed by atoms with Crippen LogP contribution in [0.25, 0.3) is 0 Å². The molecule has 0 aromatic heterocycles. The number of nitrogens with one attached hydrogen (secondary N) is 1. The second kappa shape index (κ2) is 7.42. The summed E-state index contributed by atoms with van der Waals surface area (Å²) in [6.45, 7) is 1.88. The van der Waals surface area contributed by atoms with Gasteiger partial charge in [0.1, 0.15) is 0 Å². The summed E-state index contributed by atoms with van der Waals surface area (Å²) in [7, 11) is -3.19. The van der Waals surface area contributed by atoms with E-state index in [9.17, 15) is 13.2 Å². The van der Waals surface area contributed by atoms with E-state index in [4.69, 9.17) is 0 Å². The normalized spacial score (nSPS) is 12.6. The van der Waals surface area contributed by atoms with Crippen LogP contribution in [0.15, 0.2) is 59.5 Å². The number of hydrogen-bond donors (Lipinski definition) is 1. The summed E-state index contributed by atoms with van der Waals surface area (Å²) in [5.74, 6) is -0.0199. The van der Waals surface area contributed by atoms with Gasteiger partial charge in [0, 0.05) is 12.7 Å². The van der Waals surface area contributed by atoms with Crippen LogP contribution in [0.4, 0.5) is 0 Å². The molecule has 1 amide bonds. The van der Waals surface area contributed by atoms with Gasteiger partial charge in [0.2, 0.25) is 5.91 Å². The maximum absolute atomic E-state index is 12.0. The van der Waals surface area contributed by atoms with Crippen molar-refractivity contribution in [1.29, 1.82) is 0 Å². The molecule has 0 fully saturated rings. The first-order valence-electron chi connectivity index (χ1n) is 7.49. The number of rotatable bonds is 6. The molecule has 23 heavy (non-hydrogen) atoms. The molecule has 0 saturated carbocycles. The number of benzene rings is 2. The topological polar surface area (TPSA) is 63.2 Å². The largest absolute Gasteiger partial charge is 0.350 e. The lowest BCUT2D eigenvalue weighted by Crippen LogP contribution is -2.26. The average Bonchev–Trinajstić information content (AvgIpc) is 2.53. The van der Waals surface area contributed by atoms with E-state index in [0.717, 1.165) is 11.1 Å². The highest BCUT2D eigenvalue weighted by molar-refractivity contribution is 7.90. The van der Waals surface area contributed by atoms with E-state index < -0.39 is 9.84 Å². The molecule has 0 radical (unpaired) electrons. The Kier molecular flexibility index (Phi) is 5.55. The minimum atomic E-state index is -3.19. The van der Waals surface area contributed by atoms with Crippen molar-refractivity contribution in [3.8, 4) is 0 Å². The number of amides is 1. The molecule has 0 aliphatic heterocycles. The second-order valence-electron chi connectivity index (χ2n) is 5.62. The maximum atomic E-state index is 12.0. The van der Waals surface area contributed by atoms with Crippen LogP contribution in [0, 0.1) is 0 Å². The van der Waals surface area contributed by atoms with Gasteiger partial charge in [-0.25, -0.2) is 8.42 Å². The van der Waals surface area contributed by atoms with Crippen LogP contribution in [0.2, 0.25) is 0 Å². The van der Waals surface area contributed by atoms with Crippen LogP contribution >= 0.6 is 0 Å². The Labute approximate surface area is 137 Å². The first kappa shape index (κ1) is 17.2. The van der Waals surface area contributed by atoms with E-state index in [-0.39, 0.29) is 16.8 Å². The van der Waals surface area contributed by atoms with E-state index in [1.807, 2.05) is 37.3 Å². The smallest absolute Gasteiger partial charge is 0.220 e. The molecule has 2 aromatic carbocycles. The van der Waals surface area contributed by atoms with Crippen molar-refractivity contribution in [2.75, 3.05) is 6.26 Å². The molecule has 0 spiro atoms. The Hall–Kier alpha value is -2.14. The minimum absolute atomic E-state index is 0.0199. The maximum Gasteiger partial charge on any atom is 0.220 e. The predicted molar refractivity (Wildman–Crippen MR) is 90.9 cm³/mol. The summed E-state index contributed by atoms with van der Waals surface area (Å²) in [5, 5.41) is 2.94. The van der Waals surface area contributed by atoms with Gasteiger partial charge in [-0.1, -0.05) is 42.5 Å². The van der Waals surface area contributed by atoms with Crippen LogP contribution in [0.3, 0.4) is 0 Å². The van der Waals surface area contributed by atoms with Crippen molar-refractivity contribution in [3.05, 3.63) is 65.7 Å². The number of carbonyl (C=O) groups excluding carboxylic acids is 1. The first-order valence-corrected chi connectivity index (χ1v) is 9.39. The highest BCUT2D eigenvalue weighted by Gasteiger charge is 2.11. The summed E-state index contributed by atoms with van der Waals surface area (Å²) in [5.41, 5.74) is 2.01. The van der Waals surface area contributed by atoms with E-state index in [1.165, 1.54) is 6.26 Å². The monoisotopic (exact) mass is 331 g/mol. The van der Waals surface area contributed by atoms with E-state index in [1.54, 1.807) is 24.3 Å². The quantitative estimate of drug-likeness (QED) is 0.885. The molecule has 2 rings (SSSR count). The second-order valence-corrected chi connectivity index (χ2v) is 7.63. The van der Waals surface area contributed by atoms with Gasteiger partial charge in [0.15, 0.2) is 9.84 Å². The van der Waals surface area contributed by atoms with Crippen molar-refractivity contribution < 1.29 is 13.2 Å². The number of aryl methyl sites for hydroxylation is 1.